The van der Waals surface area contributed by atoms with E-state index in [-0.39, 0.29) is 5.91 Å². The average molecular weight is 610 g/mol. The highest BCUT2D eigenvalue weighted by Crippen LogP contribution is 1.87. The third kappa shape index (κ3) is 33.7. The second-order valence-electron chi connectivity index (χ2n) is 6.27. The van der Waals surface area contributed by atoms with Gasteiger partial charge in [0.15, 0.2) is 0 Å². The predicted octanol–water partition coefficient (Wildman–Crippen LogP) is 0.0100. The lowest BCUT2D eigenvalue weighted by atomic mass is 10.4. The summed E-state index contributed by atoms with van der Waals surface area (Å²) in [5, 5.41) is 3.01. The molecule has 0 aromatic rings. The Morgan fingerprint density at radius 2 is 0.824 bits per heavy atom. The van der Waals surface area contributed by atoms with Crippen LogP contribution in [-0.4, -0.2) is 132 Å². The Morgan fingerprint density at radius 3 is 1.09 bits per heavy atom. The van der Waals surface area contributed by atoms with Gasteiger partial charge in [-0.15, -0.1) is 0 Å². The Hall–Kier alpha value is -0.490. The van der Waals surface area contributed by atoms with Crippen molar-refractivity contribution in [2.45, 2.75) is 6.42 Å². The Bertz CT molecular complexity index is 401. The van der Waals surface area contributed by atoms with Crippen LogP contribution in [0.1, 0.15) is 6.42 Å². The zero-order valence-corrected chi connectivity index (χ0v) is 22.6. The molecule has 12 nitrogen and oxygen atoms in total. The van der Waals surface area contributed by atoms with Gasteiger partial charge < -0.3 is 48.0 Å². The van der Waals surface area contributed by atoms with Crippen LogP contribution in [-0.2, 0) is 47.5 Å². The number of carbonyl (C=O) groups excluding carboxylic acids is 2. The summed E-state index contributed by atoms with van der Waals surface area (Å²) in [6.07, 6.45) is 0.356. The van der Waals surface area contributed by atoms with Gasteiger partial charge in [0.1, 0.15) is 6.79 Å². The Kier molecular flexibility index (Phi) is 36.4. The molecule has 0 aromatic carbocycles. The summed E-state index contributed by atoms with van der Waals surface area (Å²) in [6.45, 7) is 11.3. The van der Waals surface area contributed by atoms with Crippen LogP contribution in [0.4, 0.5) is 0 Å². The fraction of sp³-hybridized carbons (Fsp3) is 0.905. The maximum Gasteiger partial charge on any atom is 0.230 e. The second-order valence-corrected chi connectivity index (χ2v) is 6.81. The molecule has 0 aliphatic rings. The molecule has 0 spiro atoms. The summed E-state index contributed by atoms with van der Waals surface area (Å²) in [7, 11) is 1.89. The fourth-order valence-corrected chi connectivity index (χ4v) is 2.30. The number of amides is 1. The molecule has 0 atom stereocenters. The first-order valence-electron chi connectivity index (χ1n) is 11.3. The highest BCUT2D eigenvalue weighted by atomic mass is 127. The van der Waals surface area contributed by atoms with E-state index >= 15 is 0 Å². The molecule has 1 amide bonds. The zero-order valence-electron chi connectivity index (χ0n) is 20.4. The number of hydrogen-bond donors (Lipinski definition) is 2. The quantitative estimate of drug-likeness (QED) is 0.0741. The normalized spacial score (nSPS) is 10.6. The molecule has 0 aliphatic heterocycles. The molecule has 34 heavy (non-hydrogen) atoms. The van der Waals surface area contributed by atoms with Crippen LogP contribution in [0.25, 0.3) is 0 Å². The van der Waals surface area contributed by atoms with Crippen molar-refractivity contribution in [3.8, 4) is 0 Å². The topological polar surface area (TPSA) is 132 Å². The molecule has 0 unspecified atom stereocenters. The minimum atomic E-state index is -0.0437. The van der Waals surface area contributed by atoms with Crippen molar-refractivity contribution < 1.29 is 47.5 Å². The van der Waals surface area contributed by atoms with Crippen LogP contribution >= 0.6 is 22.9 Å². The third-order valence-electron chi connectivity index (χ3n) is 3.68. The summed E-state index contributed by atoms with van der Waals surface area (Å²) in [6, 6.07) is 0. The van der Waals surface area contributed by atoms with E-state index in [1.165, 1.54) is 0 Å². The number of nitrogens with one attached hydrogen (secondary N) is 2. The second kappa shape index (κ2) is 34.7. The SMILES string of the molecule is C=O.CNCCOCCOCCOCCOCCOCCOCCOCCOCCC(=O)NI. The summed E-state index contributed by atoms with van der Waals surface area (Å²) < 4.78 is 45.5. The molecule has 13 heteroatoms. The van der Waals surface area contributed by atoms with Crippen LogP contribution < -0.4 is 8.85 Å². The van der Waals surface area contributed by atoms with E-state index in [0.29, 0.717) is 112 Å². The van der Waals surface area contributed by atoms with Gasteiger partial charge in [0.05, 0.1) is 135 Å². The van der Waals surface area contributed by atoms with Crippen molar-refractivity contribution in [3.05, 3.63) is 0 Å². The van der Waals surface area contributed by atoms with Crippen LogP contribution in [0.15, 0.2) is 0 Å². The van der Waals surface area contributed by atoms with Crippen LogP contribution in [0.2, 0.25) is 0 Å². The average Bonchev–Trinajstić information content (AvgIpc) is 2.87. The molecule has 204 valence electrons. The van der Waals surface area contributed by atoms with Crippen molar-refractivity contribution >= 4 is 35.6 Å². The number of halogens is 1. The van der Waals surface area contributed by atoms with E-state index in [4.69, 9.17) is 42.7 Å². The number of rotatable bonds is 27. The molecule has 0 saturated carbocycles. The fourth-order valence-electron chi connectivity index (χ4n) is 2.03. The Morgan fingerprint density at radius 1 is 0.559 bits per heavy atom. The van der Waals surface area contributed by atoms with E-state index in [1.807, 2.05) is 13.8 Å². The molecule has 0 radical (unpaired) electrons. The number of hydrogen-bond acceptors (Lipinski definition) is 11. The summed E-state index contributed by atoms with van der Waals surface area (Å²) >= 11 is 1.81. The molecule has 0 saturated heterocycles. The number of likely N-dealkylation sites (N-methyl/N-ethyl adjacent to an activating group) is 1. The largest absolute Gasteiger partial charge is 0.379 e. The van der Waals surface area contributed by atoms with Gasteiger partial charge in [-0.25, -0.2) is 0 Å². The van der Waals surface area contributed by atoms with Gasteiger partial charge in [0, 0.05) is 6.54 Å². The Balaban J connectivity index is 0. The van der Waals surface area contributed by atoms with Gasteiger partial charge in [0.25, 0.3) is 0 Å². The number of ether oxygens (including phenoxy) is 8. The highest BCUT2D eigenvalue weighted by Gasteiger charge is 1.98. The standard InChI is InChI=1S/C20H41IN2O9.CH2O/c1-22-3-5-26-7-9-28-11-13-30-15-17-32-19-18-31-16-14-29-12-10-27-8-6-25-4-2-20(24)23-21;1-2/h22H,2-19H2,1H3,(H,23,24);1H2. The number of carbonyl (C=O) groups is 2. The smallest absolute Gasteiger partial charge is 0.230 e. The predicted molar refractivity (Wildman–Crippen MR) is 134 cm³/mol. The molecule has 0 heterocycles. The molecule has 0 aliphatic carbocycles. The molecule has 2 N–H and O–H groups in total. The first kappa shape index (κ1) is 35.7. The summed E-state index contributed by atoms with van der Waals surface area (Å²) in [5.41, 5.74) is 0. The maximum atomic E-state index is 11.0. The molecule has 0 bridgehead atoms. The van der Waals surface area contributed by atoms with Crippen molar-refractivity contribution in [1.82, 2.24) is 8.85 Å². The van der Waals surface area contributed by atoms with E-state index in [9.17, 15) is 4.79 Å². The van der Waals surface area contributed by atoms with Crippen LogP contribution in [0.3, 0.4) is 0 Å². The molecule has 0 aromatic heterocycles. The molecule has 0 rings (SSSR count). The molecular weight excluding hydrogens is 567 g/mol. The van der Waals surface area contributed by atoms with Gasteiger partial charge in [-0.2, -0.15) is 0 Å². The van der Waals surface area contributed by atoms with Gasteiger partial charge in [0.2, 0.25) is 5.91 Å². The van der Waals surface area contributed by atoms with Crippen molar-refractivity contribution in [2.75, 3.05) is 119 Å². The summed E-state index contributed by atoms with van der Waals surface area (Å²) in [5.74, 6) is -0.0437. The molecular formula is C21H43IN2O10. The third-order valence-corrected chi connectivity index (χ3v) is 4.28. The lowest BCUT2D eigenvalue weighted by Gasteiger charge is -2.08. The zero-order chi connectivity index (χ0) is 25.4. The monoisotopic (exact) mass is 610 g/mol. The van der Waals surface area contributed by atoms with Gasteiger partial charge in [-0.3, -0.25) is 8.32 Å². The lowest BCUT2D eigenvalue weighted by Crippen LogP contribution is -2.17. The van der Waals surface area contributed by atoms with Crippen molar-refractivity contribution in [3.63, 3.8) is 0 Å². The van der Waals surface area contributed by atoms with E-state index in [2.05, 4.69) is 8.85 Å². The minimum Gasteiger partial charge on any atom is -0.379 e. The first-order valence-corrected chi connectivity index (χ1v) is 12.3. The Labute approximate surface area is 217 Å². The van der Waals surface area contributed by atoms with Gasteiger partial charge in [-0.1, -0.05) is 0 Å². The van der Waals surface area contributed by atoms with Crippen molar-refractivity contribution in [1.29, 1.82) is 0 Å². The van der Waals surface area contributed by atoms with Gasteiger partial charge in [-0.05, 0) is 7.05 Å². The molecule has 0 fully saturated rings. The highest BCUT2D eigenvalue weighted by molar-refractivity contribution is 14.1. The van der Waals surface area contributed by atoms with E-state index < -0.39 is 0 Å². The van der Waals surface area contributed by atoms with Crippen LogP contribution in [0, 0.1) is 0 Å². The first-order chi connectivity index (χ1) is 16.8. The summed E-state index contributed by atoms with van der Waals surface area (Å²) in [4.78, 5) is 19.0. The minimum absolute atomic E-state index is 0.0437. The van der Waals surface area contributed by atoms with Gasteiger partial charge >= 0.3 is 0 Å². The maximum absolute atomic E-state index is 11.0. The van der Waals surface area contributed by atoms with Crippen molar-refractivity contribution in [2.24, 2.45) is 0 Å². The van der Waals surface area contributed by atoms with E-state index in [0.717, 1.165) is 6.54 Å². The van der Waals surface area contributed by atoms with Crippen LogP contribution in [0.5, 0.6) is 0 Å². The lowest BCUT2D eigenvalue weighted by molar-refractivity contribution is -0.120. The van der Waals surface area contributed by atoms with E-state index in [1.54, 1.807) is 22.9 Å².